The van der Waals surface area contributed by atoms with Crippen molar-refractivity contribution in [1.29, 1.82) is 5.26 Å². The Morgan fingerprint density at radius 3 is 2.48 bits per heavy atom. The molecular weight excluding hydrogens is 322 g/mol. The van der Waals surface area contributed by atoms with Crippen LogP contribution >= 0.6 is 11.6 Å². The topological polar surface area (TPSA) is 70.0 Å². The van der Waals surface area contributed by atoms with Gasteiger partial charge in [-0.2, -0.15) is 5.26 Å². The van der Waals surface area contributed by atoms with E-state index in [1.54, 1.807) is 0 Å². The lowest BCUT2D eigenvalue weighted by atomic mass is 10.2. The maximum Gasteiger partial charge on any atom is 0.264 e. The van der Waals surface area contributed by atoms with E-state index < -0.39 is 26.6 Å². The van der Waals surface area contributed by atoms with Gasteiger partial charge in [0, 0.05) is 0 Å². The van der Waals surface area contributed by atoms with Crippen molar-refractivity contribution in [3.8, 4) is 6.07 Å². The smallest absolute Gasteiger partial charge is 0.264 e. The standard InChI is InChI=1S/C13H7ClF2N2O2S/c14-10-5-8(7-17)1-4-12(10)18-21(19,20)13-6-9(15)2-3-11(13)16/h1-6,18H. The second kappa shape index (κ2) is 5.68. The van der Waals surface area contributed by atoms with Gasteiger partial charge in [0.15, 0.2) is 0 Å². The summed E-state index contributed by atoms with van der Waals surface area (Å²) in [5, 5.41) is 8.66. The molecule has 2 rings (SSSR count). The van der Waals surface area contributed by atoms with Gasteiger partial charge < -0.3 is 0 Å². The molecule has 21 heavy (non-hydrogen) atoms. The van der Waals surface area contributed by atoms with Gasteiger partial charge in [-0.1, -0.05) is 11.6 Å². The van der Waals surface area contributed by atoms with Gasteiger partial charge in [-0.25, -0.2) is 17.2 Å². The summed E-state index contributed by atoms with van der Waals surface area (Å²) >= 11 is 5.83. The van der Waals surface area contributed by atoms with Crippen LogP contribution in [0.1, 0.15) is 5.56 Å². The van der Waals surface area contributed by atoms with Gasteiger partial charge in [0.2, 0.25) is 0 Å². The zero-order chi connectivity index (χ0) is 15.6. The van der Waals surface area contributed by atoms with E-state index in [0.717, 1.165) is 6.07 Å². The Balaban J connectivity index is 2.43. The van der Waals surface area contributed by atoms with E-state index >= 15 is 0 Å². The van der Waals surface area contributed by atoms with Crippen LogP contribution in [0, 0.1) is 23.0 Å². The predicted molar refractivity (Wildman–Crippen MR) is 73.3 cm³/mol. The average molecular weight is 329 g/mol. The molecule has 0 aromatic heterocycles. The van der Waals surface area contributed by atoms with Crippen molar-refractivity contribution in [2.24, 2.45) is 0 Å². The molecule has 0 saturated carbocycles. The second-order valence-corrected chi connectivity index (χ2v) is 6.04. The summed E-state index contributed by atoms with van der Waals surface area (Å²) in [7, 11) is -4.34. The third-order valence-corrected chi connectivity index (χ3v) is 4.22. The Labute approximate surface area is 124 Å². The molecule has 0 saturated heterocycles. The summed E-state index contributed by atoms with van der Waals surface area (Å²) in [5.74, 6) is -1.98. The van der Waals surface area contributed by atoms with Crippen molar-refractivity contribution in [2.45, 2.75) is 4.90 Å². The molecule has 0 amide bonds. The minimum Gasteiger partial charge on any atom is -0.278 e. The SMILES string of the molecule is N#Cc1ccc(NS(=O)(=O)c2cc(F)ccc2F)c(Cl)c1. The average Bonchev–Trinajstić information content (AvgIpc) is 2.43. The number of sulfonamides is 1. The van der Waals surface area contributed by atoms with Crippen LogP contribution in [0.5, 0.6) is 0 Å². The van der Waals surface area contributed by atoms with Gasteiger partial charge in [0.25, 0.3) is 10.0 Å². The van der Waals surface area contributed by atoms with Crippen LogP contribution in [0.25, 0.3) is 0 Å². The van der Waals surface area contributed by atoms with Gasteiger partial charge in [0.1, 0.15) is 16.5 Å². The number of hydrogen-bond acceptors (Lipinski definition) is 3. The zero-order valence-electron chi connectivity index (χ0n) is 10.3. The van der Waals surface area contributed by atoms with E-state index in [-0.39, 0.29) is 16.3 Å². The summed E-state index contributed by atoms with van der Waals surface area (Å²) in [6.45, 7) is 0. The molecule has 1 N–H and O–H groups in total. The molecule has 0 bridgehead atoms. The van der Waals surface area contributed by atoms with Gasteiger partial charge in [-0.05, 0) is 36.4 Å². The summed E-state index contributed by atoms with van der Waals surface area (Å²) in [5.41, 5.74) is 0.194. The fraction of sp³-hybridized carbons (Fsp3) is 0. The van der Waals surface area contributed by atoms with Gasteiger partial charge in [-0.3, -0.25) is 4.72 Å². The Kier molecular flexibility index (Phi) is 4.11. The Morgan fingerprint density at radius 2 is 1.86 bits per heavy atom. The molecule has 2 aromatic carbocycles. The predicted octanol–water partition coefficient (Wildman–Crippen LogP) is 3.29. The quantitative estimate of drug-likeness (QED) is 0.939. The summed E-state index contributed by atoms with van der Waals surface area (Å²) in [6, 6.07) is 7.77. The minimum atomic E-state index is -4.34. The minimum absolute atomic E-state index is 0.0329. The van der Waals surface area contributed by atoms with Gasteiger partial charge in [-0.15, -0.1) is 0 Å². The molecule has 0 spiro atoms. The molecule has 0 aliphatic carbocycles. The summed E-state index contributed by atoms with van der Waals surface area (Å²) in [6.07, 6.45) is 0. The summed E-state index contributed by atoms with van der Waals surface area (Å²) < 4.78 is 52.7. The van der Waals surface area contributed by atoms with Gasteiger partial charge >= 0.3 is 0 Å². The van der Waals surface area contributed by atoms with E-state index in [1.807, 2.05) is 10.8 Å². The van der Waals surface area contributed by atoms with Crippen LogP contribution in [0.15, 0.2) is 41.3 Å². The van der Waals surface area contributed by atoms with Crippen LogP contribution in [-0.4, -0.2) is 8.42 Å². The lowest BCUT2D eigenvalue weighted by molar-refractivity contribution is 0.555. The largest absolute Gasteiger partial charge is 0.278 e. The van der Waals surface area contributed by atoms with Crippen molar-refractivity contribution < 1.29 is 17.2 Å². The third kappa shape index (κ3) is 3.29. The molecule has 0 atom stereocenters. The van der Waals surface area contributed by atoms with E-state index in [4.69, 9.17) is 16.9 Å². The van der Waals surface area contributed by atoms with E-state index in [2.05, 4.69) is 0 Å². The maximum absolute atomic E-state index is 13.5. The molecular formula is C13H7ClF2N2O2S. The third-order valence-electron chi connectivity index (χ3n) is 2.53. The number of anilines is 1. The fourth-order valence-electron chi connectivity index (χ4n) is 1.55. The molecule has 0 heterocycles. The monoisotopic (exact) mass is 328 g/mol. The first-order chi connectivity index (χ1) is 9.83. The zero-order valence-corrected chi connectivity index (χ0v) is 11.8. The second-order valence-electron chi connectivity index (χ2n) is 3.99. The molecule has 0 fully saturated rings. The highest BCUT2D eigenvalue weighted by atomic mass is 35.5. The Hall–Kier alpha value is -2.17. The van der Waals surface area contributed by atoms with Crippen LogP contribution in [0.2, 0.25) is 5.02 Å². The number of rotatable bonds is 3. The number of halogens is 3. The highest BCUT2D eigenvalue weighted by molar-refractivity contribution is 7.92. The van der Waals surface area contributed by atoms with Crippen LogP contribution in [0.4, 0.5) is 14.5 Å². The van der Waals surface area contributed by atoms with Crippen molar-refractivity contribution in [2.75, 3.05) is 4.72 Å². The number of nitrogens with zero attached hydrogens (tertiary/aromatic N) is 1. The highest BCUT2D eigenvalue weighted by Crippen LogP contribution is 2.26. The first-order valence-electron chi connectivity index (χ1n) is 5.51. The first kappa shape index (κ1) is 15.2. The lowest BCUT2D eigenvalue weighted by Gasteiger charge is -2.10. The normalized spacial score (nSPS) is 11.0. The van der Waals surface area contributed by atoms with Crippen LogP contribution in [-0.2, 0) is 10.0 Å². The molecule has 0 unspecified atom stereocenters. The molecule has 0 radical (unpaired) electrons. The molecule has 2 aromatic rings. The number of nitriles is 1. The van der Waals surface area contributed by atoms with Gasteiger partial charge in [0.05, 0.1) is 22.3 Å². The van der Waals surface area contributed by atoms with Crippen molar-refractivity contribution in [1.82, 2.24) is 0 Å². The maximum atomic E-state index is 13.5. The molecule has 8 heteroatoms. The van der Waals surface area contributed by atoms with Crippen molar-refractivity contribution in [3.05, 3.63) is 58.6 Å². The molecule has 4 nitrogen and oxygen atoms in total. The van der Waals surface area contributed by atoms with Crippen molar-refractivity contribution >= 4 is 27.3 Å². The van der Waals surface area contributed by atoms with E-state index in [1.165, 1.54) is 18.2 Å². The fourth-order valence-corrected chi connectivity index (χ4v) is 3.00. The summed E-state index contributed by atoms with van der Waals surface area (Å²) in [4.78, 5) is -0.831. The lowest BCUT2D eigenvalue weighted by Crippen LogP contribution is -2.15. The van der Waals surface area contributed by atoms with Crippen molar-refractivity contribution in [3.63, 3.8) is 0 Å². The van der Waals surface area contributed by atoms with Crippen LogP contribution < -0.4 is 4.72 Å². The first-order valence-corrected chi connectivity index (χ1v) is 7.37. The molecule has 108 valence electrons. The number of benzene rings is 2. The molecule has 0 aliphatic heterocycles. The Bertz CT molecular complexity index is 848. The highest BCUT2D eigenvalue weighted by Gasteiger charge is 2.21. The Morgan fingerprint density at radius 1 is 1.14 bits per heavy atom. The number of nitrogens with one attached hydrogen (secondary N) is 1. The van der Waals surface area contributed by atoms with E-state index in [0.29, 0.717) is 12.1 Å². The van der Waals surface area contributed by atoms with Crippen LogP contribution in [0.3, 0.4) is 0 Å². The number of hydrogen-bond donors (Lipinski definition) is 1. The molecule has 0 aliphatic rings. The van der Waals surface area contributed by atoms with E-state index in [9.17, 15) is 17.2 Å².